The number of rotatable bonds is 6. The summed E-state index contributed by atoms with van der Waals surface area (Å²) >= 11 is 0. The maximum absolute atomic E-state index is 13.0. The Morgan fingerprint density at radius 2 is 1.64 bits per heavy atom. The van der Waals surface area contributed by atoms with Crippen molar-refractivity contribution in [1.29, 1.82) is 0 Å². The van der Waals surface area contributed by atoms with Crippen molar-refractivity contribution in [2.45, 2.75) is 32.7 Å². The average molecular weight is 442 g/mol. The summed E-state index contributed by atoms with van der Waals surface area (Å²) in [7, 11) is 0. The number of nitrogens with one attached hydrogen (secondary N) is 2. The Hall–Kier alpha value is -3.93. The van der Waals surface area contributed by atoms with Gasteiger partial charge in [-0.25, -0.2) is 0 Å². The van der Waals surface area contributed by atoms with Gasteiger partial charge in [0.05, 0.1) is 12.5 Å². The molecule has 6 nitrogen and oxygen atoms in total. The number of amides is 3. The molecule has 3 aromatic carbocycles. The molecule has 0 aromatic heterocycles. The van der Waals surface area contributed by atoms with Gasteiger partial charge in [0.25, 0.3) is 5.91 Å². The molecule has 0 bridgehead atoms. The predicted molar refractivity (Wildman–Crippen MR) is 129 cm³/mol. The number of anilines is 2. The van der Waals surface area contributed by atoms with Gasteiger partial charge >= 0.3 is 0 Å². The first-order chi connectivity index (χ1) is 15.9. The van der Waals surface area contributed by atoms with E-state index in [4.69, 9.17) is 0 Å². The number of hydrogen-bond acceptors (Lipinski definition) is 3. The zero-order valence-corrected chi connectivity index (χ0v) is 18.8. The number of hydrogen-bond donors (Lipinski definition) is 2. The van der Waals surface area contributed by atoms with Crippen LogP contribution in [0, 0.1) is 6.92 Å². The van der Waals surface area contributed by atoms with E-state index in [-0.39, 0.29) is 24.1 Å². The van der Waals surface area contributed by atoms with Crippen molar-refractivity contribution in [2.24, 2.45) is 0 Å². The fourth-order valence-corrected chi connectivity index (χ4v) is 4.09. The maximum atomic E-state index is 13.0. The number of fused-ring (bicyclic) bond motifs is 1. The monoisotopic (exact) mass is 441 g/mol. The first kappa shape index (κ1) is 22.3. The summed E-state index contributed by atoms with van der Waals surface area (Å²) in [5, 5.41) is 5.71. The van der Waals surface area contributed by atoms with Crippen molar-refractivity contribution in [3.05, 3.63) is 95.1 Å². The highest BCUT2D eigenvalue weighted by Crippen LogP contribution is 2.29. The molecule has 1 aliphatic heterocycles. The van der Waals surface area contributed by atoms with Crippen molar-refractivity contribution in [3.8, 4) is 0 Å². The summed E-state index contributed by atoms with van der Waals surface area (Å²) in [6.45, 7) is 4.09. The Kier molecular flexibility index (Phi) is 6.54. The van der Waals surface area contributed by atoms with Gasteiger partial charge in [-0.1, -0.05) is 48.0 Å². The van der Waals surface area contributed by atoms with Crippen LogP contribution in [0.2, 0.25) is 0 Å². The Balaban J connectivity index is 1.41. The van der Waals surface area contributed by atoms with E-state index < -0.39 is 6.04 Å². The molecule has 0 radical (unpaired) electrons. The molecule has 1 heterocycles. The second-order valence-electron chi connectivity index (χ2n) is 8.33. The van der Waals surface area contributed by atoms with Gasteiger partial charge in [0.15, 0.2) is 0 Å². The van der Waals surface area contributed by atoms with Gasteiger partial charge in [-0.2, -0.15) is 0 Å². The molecular weight excluding hydrogens is 414 g/mol. The molecule has 3 aromatic rings. The molecule has 1 atom stereocenters. The third-order valence-corrected chi connectivity index (χ3v) is 5.79. The maximum Gasteiger partial charge on any atom is 0.258 e. The van der Waals surface area contributed by atoms with Gasteiger partial charge < -0.3 is 15.5 Å². The van der Waals surface area contributed by atoms with E-state index in [0.29, 0.717) is 17.8 Å². The summed E-state index contributed by atoms with van der Waals surface area (Å²) in [4.78, 5) is 39.1. The van der Waals surface area contributed by atoms with Crippen LogP contribution in [0.4, 0.5) is 11.4 Å². The van der Waals surface area contributed by atoms with Gasteiger partial charge in [0, 0.05) is 30.4 Å². The van der Waals surface area contributed by atoms with E-state index in [1.54, 1.807) is 29.2 Å². The Morgan fingerprint density at radius 1 is 0.939 bits per heavy atom. The zero-order chi connectivity index (χ0) is 23.4. The predicted octanol–water partition coefficient (Wildman–Crippen LogP) is 4.40. The van der Waals surface area contributed by atoms with E-state index in [0.717, 1.165) is 23.2 Å². The molecule has 4 rings (SSSR count). The number of carbonyl (C=O) groups is 3. The van der Waals surface area contributed by atoms with Gasteiger partial charge in [0.2, 0.25) is 11.8 Å². The Bertz CT molecular complexity index is 1170. The number of benzene rings is 3. The summed E-state index contributed by atoms with van der Waals surface area (Å²) in [5.41, 5.74) is 5.29. The minimum absolute atomic E-state index is 0.0529. The molecule has 0 aliphatic carbocycles. The molecular formula is C27H27N3O3. The fraction of sp³-hybridized carbons (Fsp3) is 0.222. The topological polar surface area (TPSA) is 78.5 Å². The van der Waals surface area contributed by atoms with Crippen molar-refractivity contribution in [1.82, 2.24) is 5.32 Å². The van der Waals surface area contributed by atoms with Crippen LogP contribution < -0.4 is 15.5 Å². The smallest absolute Gasteiger partial charge is 0.258 e. The average Bonchev–Trinajstić information content (AvgIpc) is 3.23. The molecule has 6 heteroatoms. The highest BCUT2D eigenvalue weighted by atomic mass is 16.2. The summed E-state index contributed by atoms with van der Waals surface area (Å²) < 4.78 is 0. The highest BCUT2D eigenvalue weighted by Gasteiger charge is 2.25. The molecule has 0 fully saturated rings. The number of aryl methyl sites for hydroxylation is 1. The summed E-state index contributed by atoms with van der Waals surface area (Å²) in [5.74, 6) is -0.468. The quantitative estimate of drug-likeness (QED) is 0.595. The molecule has 33 heavy (non-hydrogen) atoms. The number of para-hydroxylation sites is 1. The minimum Gasteiger partial charge on any atom is -0.349 e. The van der Waals surface area contributed by atoms with E-state index in [2.05, 4.69) is 10.6 Å². The van der Waals surface area contributed by atoms with E-state index in [1.165, 1.54) is 12.5 Å². The highest BCUT2D eigenvalue weighted by molar-refractivity contribution is 6.07. The molecule has 1 aliphatic rings. The SMILES string of the molecule is CC(=O)NC(CC(=O)Nc1ccc(C(=O)N2CCc3ccccc32)cc1)c1ccc(C)cc1. The molecule has 168 valence electrons. The van der Waals surface area contributed by atoms with Crippen molar-refractivity contribution < 1.29 is 14.4 Å². The standard InChI is InChI=1S/C27H27N3O3/c1-18-7-9-20(10-8-18)24(28-19(2)31)17-26(32)29-23-13-11-22(12-14-23)27(33)30-16-15-21-5-3-4-6-25(21)30/h3-14,24H,15-17H2,1-2H3,(H,28,31)(H,29,32). The van der Waals surface area contributed by atoms with E-state index >= 15 is 0 Å². The Labute approximate surface area is 193 Å². The van der Waals surface area contributed by atoms with E-state index in [1.807, 2.05) is 55.5 Å². The normalized spacial score (nSPS) is 13.2. The molecule has 3 amide bonds. The van der Waals surface area contributed by atoms with Crippen LogP contribution >= 0.6 is 0 Å². The summed E-state index contributed by atoms with van der Waals surface area (Å²) in [6.07, 6.45) is 0.959. The minimum atomic E-state index is -0.417. The first-order valence-electron chi connectivity index (χ1n) is 11.0. The van der Waals surface area contributed by atoms with Gasteiger partial charge in [-0.05, 0) is 54.8 Å². The molecule has 0 spiro atoms. The molecule has 0 saturated carbocycles. The molecule has 2 N–H and O–H groups in total. The van der Waals surface area contributed by atoms with Crippen LogP contribution in [-0.2, 0) is 16.0 Å². The van der Waals surface area contributed by atoms with Crippen LogP contribution in [0.25, 0.3) is 0 Å². The summed E-state index contributed by atoms with van der Waals surface area (Å²) in [6, 6.07) is 22.2. The van der Waals surface area contributed by atoms with E-state index in [9.17, 15) is 14.4 Å². The number of nitrogens with zero attached hydrogens (tertiary/aromatic N) is 1. The second kappa shape index (κ2) is 9.69. The van der Waals surface area contributed by atoms with Gasteiger partial charge in [-0.15, -0.1) is 0 Å². The van der Waals surface area contributed by atoms with Crippen LogP contribution in [0.3, 0.4) is 0 Å². The molecule has 1 unspecified atom stereocenters. The first-order valence-corrected chi connectivity index (χ1v) is 11.0. The van der Waals surface area contributed by atoms with Crippen molar-refractivity contribution in [2.75, 3.05) is 16.8 Å². The fourth-order valence-electron chi connectivity index (χ4n) is 4.09. The van der Waals surface area contributed by atoms with Gasteiger partial charge in [0.1, 0.15) is 0 Å². The lowest BCUT2D eigenvalue weighted by atomic mass is 10.0. The largest absolute Gasteiger partial charge is 0.349 e. The van der Waals surface area contributed by atoms with Crippen LogP contribution in [0.5, 0.6) is 0 Å². The lowest BCUT2D eigenvalue weighted by Gasteiger charge is -2.19. The Morgan fingerprint density at radius 3 is 2.33 bits per heavy atom. The van der Waals surface area contributed by atoms with Gasteiger partial charge in [-0.3, -0.25) is 14.4 Å². The molecule has 0 saturated heterocycles. The lowest BCUT2D eigenvalue weighted by Crippen LogP contribution is -2.30. The zero-order valence-electron chi connectivity index (χ0n) is 18.8. The van der Waals surface area contributed by atoms with Crippen molar-refractivity contribution in [3.63, 3.8) is 0 Å². The second-order valence-corrected chi connectivity index (χ2v) is 8.33. The van der Waals surface area contributed by atoms with Crippen LogP contribution in [-0.4, -0.2) is 24.3 Å². The van der Waals surface area contributed by atoms with Crippen LogP contribution in [0.1, 0.15) is 46.4 Å². The number of carbonyl (C=O) groups excluding carboxylic acids is 3. The van der Waals surface area contributed by atoms with Crippen molar-refractivity contribution >= 4 is 29.1 Å². The third-order valence-electron chi connectivity index (χ3n) is 5.79. The third kappa shape index (κ3) is 5.29. The van der Waals surface area contributed by atoms with Crippen LogP contribution in [0.15, 0.2) is 72.8 Å². The lowest BCUT2D eigenvalue weighted by molar-refractivity contribution is -0.120.